The number of sulfonamides is 1. The van der Waals surface area contributed by atoms with Crippen LogP contribution >= 0.6 is 11.6 Å². The van der Waals surface area contributed by atoms with E-state index in [0.717, 1.165) is 5.56 Å². The van der Waals surface area contributed by atoms with Crippen LogP contribution in [-0.2, 0) is 10.0 Å². The van der Waals surface area contributed by atoms with E-state index in [9.17, 15) is 18.3 Å². The van der Waals surface area contributed by atoms with Crippen LogP contribution in [0.15, 0.2) is 88.3 Å². The number of rotatable bonds is 9. The zero-order valence-electron chi connectivity index (χ0n) is 18.6. The number of nitrogens with one attached hydrogen (secondary N) is 2. The summed E-state index contributed by atoms with van der Waals surface area (Å²) in [6.45, 7) is 1.66. The molecule has 1 heterocycles. The predicted molar refractivity (Wildman–Crippen MR) is 133 cm³/mol. The molecular formula is C25H22ClN3O5S. The molecule has 3 N–H and O–H groups in total. The first-order valence-electron chi connectivity index (χ1n) is 10.6. The van der Waals surface area contributed by atoms with E-state index in [1.165, 1.54) is 30.3 Å². The van der Waals surface area contributed by atoms with E-state index >= 15 is 0 Å². The first-order chi connectivity index (χ1) is 16.7. The second-order valence-electron chi connectivity index (χ2n) is 7.88. The smallest absolute Gasteiger partial charge is 0.263 e. The van der Waals surface area contributed by atoms with Crippen molar-refractivity contribution >= 4 is 38.9 Å². The maximum Gasteiger partial charge on any atom is 0.263 e. The number of Topliss-reactive ketones (excluding diaryl/α,β-unsaturated/α-hetero) is 1. The van der Waals surface area contributed by atoms with Gasteiger partial charge in [0.1, 0.15) is 11.5 Å². The molecule has 4 rings (SSSR count). The summed E-state index contributed by atoms with van der Waals surface area (Å²) in [4.78, 5) is 13.0. The maximum absolute atomic E-state index is 12.9. The number of ketones is 1. The van der Waals surface area contributed by atoms with Gasteiger partial charge >= 0.3 is 0 Å². The van der Waals surface area contributed by atoms with Gasteiger partial charge in [-0.25, -0.2) is 8.42 Å². The lowest BCUT2D eigenvalue weighted by atomic mass is 9.97. The van der Waals surface area contributed by atoms with Crippen LogP contribution in [0.2, 0.25) is 5.02 Å². The summed E-state index contributed by atoms with van der Waals surface area (Å²) in [7, 11) is -3.85. The number of anilines is 2. The van der Waals surface area contributed by atoms with Crippen LogP contribution in [0.4, 0.5) is 11.5 Å². The summed E-state index contributed by atoms with van der Waals surface area (Å²) in [5, 5.41) is 17.0. The summed E-state index contributed by atoms with van der Waals surface area (Å²) in [5.74, 6) is 0.526. The number of hydrogen-bond donors (Lipinski definition) is 3. The van der Waals surface area contributed by atoms with E-state index < -0.39 is 16.1 Å². The summed E-state index contributed by atoms with van der Waals surface area (Å²) < 4.78 is 32.5. The topological polar surface area (TPSA) is 122 Å². The molecule has 3 aromatic carbocycles. The number of phenolic OH excluding ortho intramolecular Hbond substituents is 1. The third-order valence-corrected chi connectivity index (χ3v) is 6.81. The van der Waals surface area contributed by atoms with Crippen molar-refractivity contribution in [2.24, 2.45) is 0 Å². The van der Waals surface area contributed by atoms with Gasteiger partial charge in [0, 0.05) is 28.8 Å². The number of halogens is 1. The molecule has 0 aliphatic heterocycles. The van der Waals surface area contributed by atoms with Crippen molar-refractivity contribution in [3.8, 4) is 5.75 Å². The third kappa shape index (κ3) is 6.20. The van der Waals surface area contributed by atoms with Crippen molar-refractivity contribution < 1.29 is 22.8 Å². The molecular weight excluding hydrogens is 490 g/mol. The van der Waals surface area contributed by atoms with Gasteiger partial charge in [-0.3, -0.25) is 9.52 Å². The van der Waals surface area contributed by atoms with E-state index in [-0.39, 0.29) is 28.7 Å². The zero-order valence-corrected chi connectivity index (χ0v) is 20.2. The Morgan fingerprint density at radius 3 is 2.40 bits per heavy atom. The van der Waals surface area contributed by atoms with Crippen LogP contribution in [0.1, 0.15) is 34.1 Å². The van der Waals surface area contributed by atoms with Crippen LogP contribution < -0.4 is 10.0 Å². The lowest BCUT2D eigenvalue weighted by molar-refractivity contribution is 0.0976. The fourth-order valence-corrected chi connectivity index (χ4v) is 4.65. The number of phenols is 1. The van der Waals surface area contributed by atoms with E-state index in [2.05, 4.69) is 15.2 Å². The van der Waals surface area contributed by atoms with E-state index in [4.69, 9.17) is 16.1 Å². The molecule has 4 aromatic rings. The van der Waals surface area contributed by atoms with Crippen molar-refractivity contribution in [3.63, 3.8) is 0 Å². The first kappa shape index (κ1) is 24.3. The minimum atomic E-state index is -3.85. The lowest BCUT2D eigenvalue weighted by Crippen LogP contribution is -2.16. The largest absolute Gasteiger partial charge is 0.508 e. The maximum atomic E-state index is 12.9. The fourth-order valence-electron chi connectivity index (χ4n) is 3.47. The zero-order chi connectivity index (χ0) is 25.0. The highest BCUT2D eigenvalue weighted by molar-refractivity contribution is 7.92. The summed E-state index contributed by atoms with van der Waals surface area (Å²) in [6.07, 6.45) is 0.109. The normalized spacial score (nSPS) is 12.2. The average molecular weight is 512 g/mol. The molecule has 0 spiro atoms. The third-order valence-electron chi connectivity index (χ3n) is 5.20. The molecule has 180 valence electrons. The molecule has 0 radical (unpaired) electrons. The number of aromatic hydroxyl groups is 1. The molecule has 0 aliphatic rings. The molecule has 0 saturated carbocycles. The molecule has 35 heavy (non-hydrogen) atoms. The van der Waals surface area contributed by atoms with Crippen molar-refractivity contribution in [2.45, 2.75) is 24.3 Å². The SMILES string of the molecule is Cc1cc(NS(=O)(=O)c2ccc(NC(CC(=O)c3ccc(O)cc3)c3cccc(Cl)c3)cc2)no1. The molecule has 1 atom stereocenters. The van der Waals surface area contributed by atoms with Crippen molar-refractivity contribution in [1.82, 2.24) is 5.16 Å². The molecule has 0 aliphatic carbocycles. The molecule has 10 heteroatoms. The summed E-state index contributed by atoms with van der Waals surface area (Å²) in [6, 6.07) is 20.4. The van der Waals surface area contributed by atoms with Gasteiger partial charge in [0.25, 0.3) is 10.0 Å². The van der Waals surface area contributed by atoms with Gasteiger partial charge < -0.3 is 14.9 Å². The highest BCUT2D eigenvalue weighted by Crippen LogP contribution is 2.28. The van der Waals surface area contributed by atoms with Crippen LogP contribution in [0.3, 0.4) is 0 Å². The highest BCUT2D eigenvalue weighted by atomic mass is 35.5. The Balaban J connectivity index is 1.54. The first-order valence-corrected chi connectivity index (χ1v) is 12.5. The van der Waals surface area contributed by atoms with Crippen LogP contribution in [0.5, 0.6) is 5.75 Å². The Morgan fingerprint density at radius 1 is 1.06 bits per heavy atom. The lowest BCUT2D eigenvalue weighted by Gasteiger charge is -2.20. The minimum absolute atomic E-state index is 0.0446. The number of benzene rings is 3. The highest BCUT2D eigenvalue weighted by Gasteiger charge is 2.20. The van der Waals surface area contributed by atoms with E-state index in [1.807, 2.05) is 6.07 Å². The Hall–Kier alpha value is -3.82. The fraction of sp³-hybridized carbons (Fsp3) is 0.120. The summed E-state index contributed by atoms with van der Waals surface area (Å²) >= 11 is 6.18. The summed E-state index contributed by atoms with van der Waals surface area (Å²) in [5.41, 5.74) is 1.88. The number of carbonyl (C=O) groups is 1. The van der Waals surface area contributed by atoms with Gasteiger partial charge in [-0.05, 0) is 73.2 Å². The molecule has 0 fully saturated rings. The van der Waals surface area contributed by atoms with Gasteiger partial charge in [0.2, 0.25) is 0 Å². The van der Waals surface area contributed by atoms with E-state index in [1.54, 1.807) is 49.4 Å². The Kier molecular flexibility index (Phi) is 7.09. The second kappa shape index (κ2) is 10.2. The Morgan fingerprint density at radius 2 is 1.77 bits per heavy atom. The van der Waals surface area contributed by atoms with E-state index in [0.29, 0.717) is 22.0 Å². The van der Waals surface area contributed by atoms with Gasteiger partial charge in [0.15, 0.2) is 11.6 Å². The number of aromatic nitrogens is 1. The molecule has 1 unspecified atom stereocenters. The molecule has 0 saturated heterocycles. The number of carbonyl (C=O) groups excluding carboxylic acids is 1. The Labute approximate surface area is 207 Å². The quantitative estimate of drug-likeness (QED) is 0.251. The van der Waals surface area contributed by atoms with Crippen LogP contribution in [0.25, 0.3) is 0 Å². The van der Waals surface area contributed by atoms with Gasteiger partial charge in [0.05, 0.1) is 10.9 Å². The predicted octanol–water partition coefficient (Wildman–Crippen LogP) is 5.57. The number of aryl methyl sites for hydroxylation is 1. The van der Waals surface area contributed by atoms with Crippen LogP contribution in [-0.4, -0.2) is 24.5 Å². The molecule has 0 amide bonds. The number of nitrogens with zero attached hydrogens (tertiary/aromatic N) is 1. The average Bonchev–Trinajstić information content (AvgIpc) is 3.23. The molecule has 0 bridgehead atoms. The molecule has 1 aromatic heterocycles. The second-order valence-corrected chi connectivity index (χ2v) is 10.00. The van der Waals surface area contributed by atoms with Crippen molar-refractivity contribution in [3.05, 3.63) is 101 Å². The monoisotopic (exact) mass is 511 g/mol. The van der Waals surface area contributed by atoms with Crippen LogP contribution in [0, 0.1) is 6.92 Å². The molecule has 8 nitrogen and oxygen atoms in total. The standard InChI is InChI=1S/C25H22ClN3O5S/c1-16-13-25(28-34-16)29-35(32,33)22-11-7-20(8-12-22)27-23(18-3-2-4-19(26)14-18)15-24(31)17-5-9-21(30)10-6-17/h2-14,23,27,30H,15H2,1H3,(H,28,29). The number of hydrogen-bond acceptors (Lipinski definition) is 7. The Bertz CT molecular complexity index is 1430. The van der Waals surface area contributed by atoms with Crippen molar-refractivity contribution in [1.29, 1.82) is 0 Å². The van der Waals surface area contributed by atoms with Gasteiger partial charge in [-0.1, -0.05) is 28.9 Å². The van der Waals surface area contributed by atoms with Crippen molar-refractivity contribution in [2.75, 3.05) is 10.0 Å². The minimum Gasteiger partial charge on any atom is -0.508 e. The van der Waals surface area contributed by atoms with Gasteiger partial charge in [-0.15, -0.1) is 0 Å². The van der Waals surface area contributed by atoms with Gasteiger partial charge in [-0.2, -0.15) is 0 Å².